The molecule has 0 atom stereocenters. The first-order chi connectivity index (χ1) is 5.74. The van der Waals surface area contributed by atoms with Gasteiger partial charge in [-0.15, -0.1) is 0 Å². The van der Waals surface area contributed by atoms with Crippen LogP contribution in [0.15, 0.2) is 23.9 Å². The van der Waals surface area contributed by atoms with Crippen molar-refractivity contribution >= 4 is 12.3 Å². The molecule has 1 N–H and O–H groups in total. The molecule has 0 fully saturated rings. The molecule has 0 aromatic carbocycles. The van der Waals surface area contributed by atoms with E-state index in [1.807, 2.05) is 32.1 Å². The van der Waals surface area contributed by atoms with Gasteiger partial charge in [-0.1, -0.05) is 6.07 Å². The number of hydrogen-bond donors (Lipinski definition) is 1. The van der Waals surface area contributed by atoms with Gasteiger partial charge in [-0.2, -0.15) is 0 Å². The number of pyridine rings is 1. The van der Waals surface area contributed by atoms with Crippen LogP contribution in [0.25, 0.3) is 6.08 Å². The highest BCUT2D eigenvalue weighted by Crippen LogP contribution is 2.07. The molecule has 0 unspecified atom stereocenters. The van der Waals surface area contributed by atoms with E-state index in [2.05, 4.69) is 4.98 Å². The lowest BCUT2D eigenvalue weighted by molar-refractivity contribution is 1.23. The van der Waals surface area contributed by atoms with Crippen LogP contribution >= 0.6 is 0 Å². The molecule has 12 heavy (non-hydrogen) atoms. The van der Waals surface area contributed by atoms with Gasteiger partial charge in [0.25, 0.3) is 0 Å². The van der Waals surface area contributed by atoms with Crippen molar-refractivity contribution in [3.8, 4) is 0 Å². The number of nitrogens with zero attached hydrogens (tertiary/aromatic N) is 1. The number of allylic oxidation sites excluding steroid dienone is 1. The van der Waals surface area contributed by atoms with Crippen molar-refractivity contribution in [3.05, 3.63) is 35.2 Å². The van der Waals surface area contributed by atoms with Gasteiger partial charge in [0.05, 0.1) is 5.69 Å². The maximum Gasteiger partial charge on any atom is 0.0661 e. The SMILES string of the molecule is C/C(C=N)=C/c1ncccc1C. The van der Waals surface area contributed by atoms with Crippen molar-refractivity contribution in [2.45, 2.75) is 13.8 Å². The van der Waals surface area contributed by atoms with Crippen LogP contribution in [0.4, 0.5) is 0 Å². The molecular formula is C10H12N2. The van der Waals surface area contributed by atoms with Crippen LogP contribution in [0.5, 0.6) is 0 Å². The predicted molar refractivity (Wildman–Crippen MR) is 51.4 cm³/mol. The Balaban J connectivity index is 3.04. The summed E-state index contributed by atoms with van der Waals surface area (Å²) >= 11 is 0. The van der Waals surface area contributed by atoms with Gasteiger partial charge in [0.2, 0.25) is 0 Å². The second kappa shape index (κ2) is 3.81. The first kappa shape index (κ1) is 8.65. The third-order valence-electron chi connectivity index (χ3n) is 1.64. The Morgan fingerprint density at radius 2 is 2.33 bits per heavy atom. The fourth-order valence-electron chi connectivity index (χ4n) is 0.906. The molecule has 0 aliphatic heterocycles. The first-order valence-corrected chi connectivity index (χ1v) is 3.84. The smallest absolute Gasteiger partial charge is 0.0661 e. The van der Waals surface area contributed by atoms with Crippen LogP contribution in [0.1, 0.15) is 18.2 Å². The zero-order valence-corrected chi connectivity index (χ0v) is 7.33. The van der Waals surface area contributed by atoms with Gasteiger partial charge in [-0.25, -0.2) is 0 Å². The van der Waals surface area contributed by atoms with Crippen LogP contribution in [-0.2, 0) is 0 Å². The van der Waals surface area contributed by atoms with E-state index >= 15 is 0 Å². The molecule has 1 aromatic rings. The number of aromatic nitrogens is 1. The lowest BCUT2D eigenvalue weighted by Crippen LogP contribution is -1.86. The Labute approximate surface area is 72.5 Å². The van der Waals surface area contributed by atoms with Crippen LogP contribution in [0.3, 0.4) is 0 Å². The number of aryl methyl sites for hydroxylation is 1. The maximum absolute atomic E-state index is 7.01. The Morgan fingerprint density at radius 1 is 1.58 bits per heavy atom. The molecule has 0 saturated carbocycles. The molecule has 2 heteroatoms. The van der Waals surface area contributed by atoms with Crippen LogP contribution < -0.4 is 0 Å². The summed E-state index contributed by atoms with van der Waals surface area (Å²) in [5.74, 6) is 0. The molecule has 0 aliphatic rings. The van der Waals surface area contributed by atoms with Crippen LogP contribution in [0, 0.1) is 12.3 Å². The van der Waals surface area contributed by atoms with E-state index in [4.69, 9.17) is 5.41 Å². The summed E-state index contributed by atoms with van der Waals surface area (Å²) in [6, 6.07) is 3.92. The van der Waals surface area contributed by atoms with Gasteiger partial charge in [0, 0.05) is 12.4 Å². The van der Waals surface area contributed by atoms with Gasteiger partial charge in [0.15, 0.2) is 0 Å². The summed E-state index contributed by atoms with van der Waals surface area (Å²) in [7, 11) is 0. The molecule has 0 amide bonds. The quantitative estimate of drug-likeness (QED) is 0.663. The van der Waals surface area contributed by atoms with Gasteiger partial charge in [-0.05, 0) is 37.1 Å². The molecular weight excluding hydrogens is 148 g/mol. The molecule has 1 heterocycles. The highest BCUT2D eigenvalue weighted by Gasteiger charge is 1.93. The second-order valence-corrected chi connectivity index (χ2v) is 2.74. The van der Waals surface area contributed by atoms with E-state index in [-0.39, 0.29) is 0 Å². The standard InChI is InChI=1S/C10H12N2/c1-8(7-11)6-10-9(2)4-3-5-12-10/h3-7,11H,1-2H3/b8-6-,11-7?. The Hall–Kier alpha value is -1.44. The van der Waals surface area contributed by atoms with Crippen molar-refractivity contribution < 1.29 is 0 Å². The van der Waals surface area contributed by atoms with E-state index < -0.39 is 0 Å². The Bertz CT molecular complexity index is 313. The first-order valence-electron chi connectivity index (χ1n) is 3.84. The highest BCUT2D eigenvalue weighted by atomic mass is 14.7. The van der Waals surface area contributed by atoms with E-state index in [0.29, 0.717) is 0 Å². The zero-order valence-electron chi connectivity index (χ0n) is 7.33. The topological polar surface area (TPSA) is 36.7 Å². The summed E-state index contributed by atoms with van der Waals surface area (Å²) in [6.07, 6.45) is 4.99. The lowest BCUT2D eigenvalue weighted by Gasteiger charge is -1.97. The lowest BCUT2D eigenvalue weighted by atomic mass is 10.1. The molecule has 0 saturated heterocycles. The summed E-state index contributed by atoms with van der Waals surface area (Å²) < 4.78 is 0. The fourth-order valence-corrected chi connectivity index (χ4v) is 0.906. The Kier molecular flexibility index (Phi) is 2.75. The van der Waals surface area contributed by atoms with Crippen molar-refractivity contribution in [1.29, 1.82) is 5.41 Å². The van der Waals surface area contributed by atoms with Gasteiger partial charge in [-0.3, -0.25) is 4.98 Å². The predicted octanol–water partition coefficient (Wildman–Crippen LogP) is 2.44. The third-order valence-corrected chi connectivity index (χ3v) is 1.64. The van der Waals surface area contributed by atoms with Crippen LogP contribution in [0.2, 0.25) is 0 Å². The molecule has 2 nitrogen and oxygen atoms in total. The van der Waals surface area contributed by atoms with Crippen LogP contribution in [-0.4, -0.2) is 11.2 Å². The van der Waals surface area contributed by atoms with E-state index in [9.17, 15) is 0 Å². The van der Waals surface area contributed by atoms with Crippen molar-refractivity contribution in [2.24, 2.45) is 0 Å². The summed E-state index contributed by atoms with van der Waals surface area (Å²) in [5, 5.41) is 7.01. The Morgan fingerprint density at radius 3 is 2.92 bits per heavy atom. The minimum absolute atomic E-state index is 0.914. The van der Waals surface area contributed by atoms with E-state index in [1.165, 1.54) is 6.21 Å². The van der Waals surface area contributed by atoms with Gasteiger partial charge < -0.3 is 5.41 Å². The summed E-state index contributed by atoms with van der Waals surface area (Å²) in [6.45, 7) is 3.90. The molecule has 1 rings (SSSR count). The highest BCUT2D eigenvalue weighted by molar-refractivity contribution is 5.82. The zero-order chi connectivity index (χ0) is 8.97. The van der Waals surface area contributed by atoms with Crippen molar-refractivity contribution in [1.82, 2.24) is 4.98 Å². The summed E-state index contributed by atoms with van der Waals surface area (Å²) in [4.78, 5) is 4.19. The van der Waals surface area contributed by atoms with E-state index in [1.54, 1.807) is 6.20 Å². The minimum Gasteiger partial charge on any atom is -0.308 e. The third kappa shape index (κ3) is 2.02. The molecule has 0 radical (unpaired) electrons. The van der Waals surface area contributed by atoms with Gasteiger partial charge in [0.1, 0.15) is 0 Å². The number of rotatable bonds is 2. The summed E-state index contributed by atoms with van der Waals surface area (Å²) in [5.41, 5.74) is 2.99. The van der Waals surface area contributed by atoms with Gasteiger partial charge >= 0.3 is 0 Å². The second-order valence-electron chi connectivity index (χ2n) is 2.74. The van der Waals surface area contributed by atoms with Crippen molar-refractivity contribution in [2.75, 3.05) is 0 Å². The molecule has 0 spiro atoms. The fraction of sp³-hybridized carbons (Fsp3) is 0.200. The normalized spacial score (nSPS) is 11.3. The minimum atomic E-state index is 0.914. The molecule has 1 aromatic heterocycles. The number of nitrogens with one attached hydrogen (secondary N) is 1. The molecule has 0 aliphatic carbocycles. The molecule has 62 valence electrons. The average Bonchev–Trinajstić information content (AvgIpc) is 2.09. The maximum atomic E-state index is 7.01. The van der Waals surface area contributed by atoms with Crippen molar-refractivity contribution in [3.63, 3.8) is 0 Å². The average molecular weight is 160 g/mol. The number of hydrogen-bond acceptors (Lipinski definition) is 2. The largest absolute Gasteiger partial charge is 0.308 e. The monoisotopic (exact) mass is 160 g/mol. The van der Waals surface area contributed by atoms with E-state index in [0.717, 1.165) is 16.8 Å². The molecule has 0 bridgehead atoms.